The maximum atomic E-state index is 14.4. The van der Waals surface area contributed by atoms with E-state index in [9.17, 15) is 9.18 Å². The van der Waals surface area contributed by atoms with Gasteiger partial charge in [0.25, 0.3) is 5.91 Å². The highest BCUT2D eigenvalue weighted by atomic mass is 19.1. The van der Waals surface area contributed by atoms with E-state index in [1.165, 1.54) is 6.07 Å². The quantitative estimate of drug-likeness (QED) is 0.448. The van der Waals surface area contributed by atoms with Gasteiger partial charge in [-0.25, -0.2) is 9.07 Å². The number of nitrogens with one attached hydrogen (secondary N) is 1. The van der Waals surface area contributed by atoms with Gasteiger partial charge in [-0.2, -0.15) is 5.10 Å². The molecule has 33 heavy (non-hydrogen) atoms. The van der Waals surface area contributed by atoms with Crippen molar-refractivity contribution >= 4 is 5.91 Å². The summed E-state index contributed by atoms with van der Waals surface area (Å²) in [5, 5.41) is 7.65. The molecule has 0 aliphatic rings. The Morgan fingerprint density at radius 3 is 2.48 bits per heavy atom. The number of hydrogen-bond donors (Lipinski definition) is 1. The Balaban J connectivity index is 1.84. The Labute approximate surface area is 195 Å². The van der Waals surface area contributed by atoms with Gasteiger partial charge >= 0.3 is 0 Å². The van der Waals surface area contributed by atoms with E-state index in [0.29, 0.717) is 28.4 Å². The maximum absolute atomic E-state index is 14.4. The summed E-state index contributed by atoms with van der Waals surface area (Å²) in [6.07, 6.45) is 1.88. The lowest BCUT2D eigenvalue weighted by Gasteiger charge is -2.20. The molecule has 3 aromatic rings. The van der Waals surface area contributed by atoms with Gasteiger partial charge in [0.15, 0.2) is 0 Å². The molecule has 7 heteroatoms. The van der Waals surface area contributed by atoms with E-state index in [-0.39, 0.29) is 17.8 Å². The van der Waals surface area contributed by atoms with Gasteiger partial charge in [-0.05, 0) is 81.9 Å². The minimum atomic E-state index is -0.381. The summed E-state index contributed by atoms with van der Waals surface area (Å²) in [5.41, 5.74) is 1.81. The molecule has 3 rings (SSSR count). The van der Waals surface area contributed by atoms with E-state index in [2.05, 4.69) is 29.2 Å². The van der Waals surface area contributed by atoms with Gasteiger partial charge in [0.05, 0.1) is 18.5 Å². The van der Waals surface area contributed by atoms with E-state index < -0.39 is 0 Å². The van der Waals surface area contributed by atoms with Crippen LogP contribution in [-0.2, 0) is 0 Å². The largest absolute Gasteiger partial charge is 0.497 e. The molecule has 1 unspecified atom stereocenters. The average Bonchev–Trinajstić information content (AvgIpc) is 3.27. The zero-order valence-corrected chi connectivity index (χ0v) is 19.8. The zero-order chi connectivity index (χ0) is 23.8. The number of methoxy groups -OCH3 is 1. The van der Waals surface area contributed by atoms with Crippen LogP contribution in [0.1, 0.15) is 44.1 Å². The van der Waals surface area contributed by atoms with Gasteiger partial charge in [-0.15, -0.1) is 0 Å². The summed E-state index contributed by atoms with van der Waals surface area (Å²) in [6, 6.07) is 15.3. The van der Waals surface area contributed by atoms with Crippen molar-refractivity contribution < 1.29 is 13.9 Å². The number of halogens is 1. The molecule has 0 aliphatic heterocycles. The molecule has 0 radical (unpaired) electrons. The van der Waals surface area contributed by atoms with Crippen molar-refractivity contribution in [3.8, 4) is 22.7 Å². The molecule has 0 aliphatic carbocycles. The maximum Gasteiger partial charge on any atom is 0.270 e. The van der Waals surface area contributed by atoms with E-state index in [1.807, 2.05) is 19.1 Å². The predicted octanol–water partition coefficient (Wildman–Crippen LogP) is 4.93. The molecule has 0 fully saturated rings. The van der Waals surface area contributed by atoms with Crippen molar-refractivity contribution in [2.45, 2.75) is 39.7 Å². The van der Waals surface area contributed by atoms with Crippen LogP contribution >= 0.6 is 0 Å². The lowest BCUT2D eigenvalue weighted by atomic mass is 10.1. The molecule has 1 N–H and O–H groups in total. The molecular weight excluding hydrogens is 419 g/mol. The number of carbonyl (C=O) groups is 1. The van der Waals surface area contributed by atoms with Gasteiger partial charge in [0, 0.05) is 11.6 Å². The SMILES string of the molecule is CCN(CC)CCCC(C)NC(=O)c1cc(-c2ccccc2F)nn1-c1ccc(OC)cc1. The normalized spacial score (nSPS) is 12.1. The number of hydrogen-bond acceptors (Lipinski definition) is 4. The fourth-order valence-corrected chi connectivity index (χ4v) is 3.79. The van der Waals surface area contributed by atoms with Crippen LogP contribution in [0, 0.1) is 5.82 Å². The van der Waals surface area contributed by atoms with Crippen LogP contribution < -0.4 is 10.1 Å². The van der Waals surface area contributed by atoms with Gasteiger partial charge in [-0.3, -0.25) is 4.79 Å². The van der Waals surface area contributed by atoms with Gasteiger partial charge in [0.2, 0.25) is 0 Å². The Bertz CT molecular complexity index is 1040. The topological polar surface area (TPSA) is 59.4 Å². The van der Waals surface area contributed by atoms with Crippen LogP contribution in [-0.4, -0.2) is 53.4 Å². The first kappa shape index (κ1) is 24.5. The highest BCUT2D eigenvalue weighted by molar-refractivity contribution is 5.94. The second kappa shape index (κ2) is 11.6. The molecule has 0 spiro atoms. The Hall–Kier alpha value is -3.19. The van der Waals surface area contributed by atoms with Crippen molar-refractivity contribution in [2.24, 2.45) is 0 Å². The summed E-state index contributed by atoms with van der Waals surface area (Å²) in [5.74, 6) is 0.0814. The summed E-state index contributed by atoms with van der Waals surface area (Å²) < 4.78 is 21.2. The van der Waals surface area contributed by atoms with E-state index in [0.717, 1.165) is 32.5 Å². The molecule has 0 saturated carbocycles. The smallest absolute Gasteiger partial charge is 0.270 e. The first-order valence-corrected chi connectivity index (χ1v) is 11.5. The average molecular weight is 453 g/mol. The van der Waals surface area contributed by atoms with Gasteiger partial charge < -0.3 is 15.0 Å². The molecule has 1 aromatic heterocycles. The molecule has 0 saturated heterocycles. The van der Waals surface area contributed by atoms with Crippen LogP contribution in [0.4, 0.5) is 4.39 Å². The van der Waals surface area contributed by atoms with Crippen LogP contribution in [0.15, 0.2) is 54.6 Å². The molecule has 1 amide bonds. The minimum Gasteiger partial charge on any atom is -0.497 e. The first-order chi connectivity index (χ1) is 16.0. The lowest BCUT2D eigenvalue weighted by molar-refractivity contribution is 0.0929. The Morgan fingerprint density at radius 2 is 1.85 bits per heavy atom. The fourth-order valence-electron chi connectivity index (χ4n) is 3.79. The monoisotopic (exact) mass is 452 g/mol. The molecular formula is C26H33FN4O2. The second-order valence-electron chi connectivity index (χ2n) is 8.05. The first-order valence-electron chi connectivity index (χ1n) is 11.5. The number of amides is 1. The van der Waals surface area contributed by atoms with Crippen LogP contribution in [0.5, 0.6) is 5.75 Å². The summed E-state index contributed by atoms with van der Waals surface area (Å²) in [6.45, 7) is 9.37. The second-order valence-corrected chi connectivity index (χ2v) is 8.05. The summed E-state index contributed by atoms with van der Waals surface area (Å²) in [7, 11) is 1.60. The van der Waals surface area contributed by atoms with Crippen molar-refractivity contribution in [3.05, 3.63) is 66.1 Å². The third-order valence-corrected chi connectivity index (χ3v) is 5.79. The van der Waals surface area contributed by atoms with Crippen molar-refractivity contribution in [1.82, 2.24) is 20.0 Å². The fraction of sp³-hybridized carbons (Fsp3) is 0.385. The molecule has 0 bridgehead atoms. The Morgan fingerprint density at radius 1 is 1.15 bits per heavy atom. The number of carbonyl (C=O) groups excluding carboxylic acids is 1. The third-order valence-electron chi connectivity index (χ3n) is 5.79. The van der Waals surface area contributed by atoms with Crippen LogP contribution in [0.2, 0.25) is 0 Å². The molecule has 6 nitrogen and oxygen atoms in total. The number of nitrogens with zero attached hydrogens (tertiary/aromatic N) is 3. The summed E-state index contributed by atoms with van der Waals surface area (Å²) in [4.78, 5) is 15.6. The number of rotatable bonds is 11. The van der Waals surface area contributed by atoms with E-state index in [4.69, 9.17) is 4.74 Å². The number of aromatic nitrogens is 2. The predicted molar refractivity (Wildman–Crippen MR) is 129 cm³/mol. The lowest BCUT2D eigenvalue weighted by Crippen LogP contribution is -2.34. The molecule has 176 valence electrons. The summed E-state index contributed by atoms with van der Waals surface area (Å²) >= 11 is 0. The Kier molecular flexibility index (Phi) is 8.60. The van der Waals surface area contributed by atoms with Crippen molar-refractivity contribution in [1.29, 1.82) is 0 Å². The van der Waals surface area contributed by atoms with E-state index in [1.54, 1.807) is 48.2 Å². The van der Waals surface area contributed by atoms with Crippen molar-refractivity contribution in [3.63, 3.8) is 0 Å². The number of ether oxygens (including phenoxy) is 1. The van der Waals surface area contributed by atoms with Gasteiger partial charge in [-0.1, -0.05) is 26.0 Å². The highest BCUT2D eigenvalue weighted by Crippen LogP contribution is 2.25. The van der Waals surface area contributed by atoms with Crippen molar-refractivity contribution in [2.75, 3.05) is 26.7 Å². The van der Waals surface area contributed by atoms with E-state index >= 15 is 0 Å². The highest BCUT2D eigenvalue weighted by Gasteiger charge is 2.20. The zero-order valence-electron chi connectivity index (χ0n) is 19.8. The van der Waals surface area contributed by atoms with Gasteiger partial charge in [0.1, 0.15) is 17.3 Å². The minimum absolute atomic E-state index is 0.00388. The van der Waals surface area contributed by atoms with Crippen LogP contribution in [0.3, 0.4) is 0 Å². The number of benzene rings is 2. The third kappa shape index (κ3) is 6.20. The molecule has 2 aromatic carbocycles. The molecule has 1 atom stereocenters. The molecule has 1 heterocycles. The standard InChI is InChI=1S/C26H33FN4O2/c1-5-30(6-2)17-9-10-19(3)28-26(32)25-18-24(22-11-7-8-12-23(22)27)29-31(25)20-13-15-21(33-4)16-14-20/h7-8,11-16,18-19H,5-6,9-10,17H2,1-4H3,(H,28,32). The van der Waals surface area contributed by atoms with Crippen LogP contribution in [0.25, 0.3) is 16.9 Å².